The fourth-order valence-electron chi connectivity index (χ4n) is 2.41. The fourth-order valence-corrected chi connectivity index (χ4v) is 2.41. The number of fused-ring (bicyclic) bond motifs is 1. The number of halogens is 2. The molecule has 1 N–H and O–H groups in total. The first-order chi connectivity index (χ1) is 9.95. The maximum atomic E-state index is 13.8. The van der Waals surface area contributed by atoms with E-state index < -0.39 is 34.3 Å². The number of rotatable bonds is 3. The van der Waals surface area contributed by atoms with Crippen LogP contribution in [0.3, 0.4) is 0 Å². The fraction of sp³-hybridized carbons (Fsp3) is 0.286. The number of pyridine rings is 1. The summed E-state index contributed by atoms with van der Waals surface area (Å²) < 4.78 is 33.8. The first-order valence-electron chi connectivity index (χ1n) is 6.29. The molecule has 0 saturated heterocycles. The Hall–Kier alpha value is -2.44. The largest absolute Gasteiger partial charge is 0.493 e. The van der Waals surface area contributed by atoms with Crippen molar-refractivity contribution in [2.24, 2.45) is 0 Å². The Morgan fingerprint density at radius 2 is 2.10 bits per heavy atom. The van der Waals surface area contributed by atoms with E-state index in [1.165, 1.54) is 10.8 Å². The zero-order chi connectivity index (χ0) is 15.3. The van der Waals surface area contributed by atoms with E-state index in [1.54, 1.807) is 0 Å². The van der Waals surface area contributed by atoms with Gasteiger partial charge in [-0.15, -0.1) is 0 Å². The first kappa shape index (κ1) is 13.5. The van der Waals surface area contributed by atoms with Crippen LogP contribution in [-0.2, 0) is 0 Å². The SMILES string of the molecule is COc1c(F)c(F)cc2c1c(=O)c(C(=O)O)cn2C1CC1. The van der Waals surface area contributed by atoms with Crippen molar-refractivity contribution < 1.29 is 23.4 Å². The van der Waals surface area contributed by atoms with Crippen molar-refractivity contribution in [3.63, 3.8) is 0 Å². The summed E-state index contributed by atoms with van der Waals surface area (Å²) in [5.74, 6) is -4.42. The van der Waals surface area contributed by atoms with Crippen LogP contribution in [-0.4, -0.2) is 22.8 Å². The van der Waals surface area contributed by atoms with Gasteiger partial charge in [0.15, 0.2) is 11.6 Å². The molecule has 1 aliphatic carbocycles. The van der Waals surface area contributed by atoms with Crippen LogP contribution in [0.4, 0.5) is 8.78 Å². The molecule has 3 rings (SSSR count). The van der Waals surface area contributed by atoms with Crippen molar-refractivity contribution in [3.8, 4) is 5.75 Å². The third kappa shape index (κ3) is 1.96. The minimum atomic E-state index is -1.41. The summed E-state index contributed by atoms with van der Waals surface area (Å²) >= 11 is 0. The third-order valence-electron chi connectivity index (χ3n) is 3.55. The lowest BCUT2D eigenvalue weighted by atomic mass is 10.1. The van der Waals surface area contributed by atoms with Crippen LogP contribution in [0.15, 0.2) is 17.1 Å². The average Bonchev–Trinajstić information content (AvgIpc) is 3.25. The maximum Gasteiger partial charge on any atom is 0.341 e. The summed E-state index contributed by atoms with van der Waals surface area (Å²) in [6.07, 6.45) is 2.76. The van der Waals surface area contributed by atoms with Gasteiger partial charge in [-0.05, 0) is 12.8 Å². The van der Waals surface area contributed by atoms with E-state index in [9.17, 15) is 18.4 Å². The Bertz CT molecular complexity index is 824. The highest BCUT2D eigenvalue weighted by molar-refractivity contribution is 5.95. The molecule has 0 radical (unpaired) electrons. The molecule has 0 spiro atoms. The Morgan fingerprint density at radius 1 is 1.43 bits per heavy atom. The van der Waals surface area contributed by atoms with Crippen LogP contribution >= 0.6 is 0 Å². The quantitative estimate of drug-likeness (QED) is 0.943. The van der Waals surface area contributed by atoms with E-state index in [4.69, 9.17) is 9.84 Å². The monoisotopic (exact) mass is 295 g/mol. The Morgan fingerprint density at radius 3 is 2.62 bits per heavy atom. The van der Waals surface area contributed by atoms with E-state index in [-0.39, 0.29) is 16.9 Å². The van der Waals surface area contributed by atoms with Crippen molar-refractivity contribution in [1.82, 2.24) is 4.57 Å². The Labute approximate surface area is 117 Å². The molecule has 1 heterocycles. The molecule has 1 aromatic carbocycles. The number of methoxy groups -OCH3 is 1. The number of ether oxygens (including phenoxy) is 1. The molecule has 0 aliphatic heterocycles. The van der Waals surface area contributed by atoms with Gasteiger partial charge in [0.25, 0.3) is 0 Å². The molecule has 1 saturated carbocycles. The predicted molar refractivity (Wildman–Crippen MR) is 69.9 cm³/mol. The standard InChI is InChI=1S/C14H11F2NO4/c1-21-13-10-9(4-8(15)11(13)16)17(6-2-3-6)5-7(12(10)18)14(19)20/h4-6H,2-3H2,1H3,(H,19,20). The molecule has 1 aromatic heterocycles. The predicted octanol–water partition coefficient (Wildman–Crippen LogP) is 2.32. The molecule has 0 unspecified atom stereocenters. The molecule has 1 aliphatic rings. The second kappa shape index (κ2) is 4.54. The van der Waals surface area contributed by atoms with Crippen molar-refractivity contribution in [2.75, 3.05) is 7.11 Å². The molecule has 0 bridgehead atoms. The molecule has 5 nitrogen and oxygen atoms in total. The molecule has 7 heteroatoms. The van der Waals surface area contributed by atoms with E-state index in [2.05, 4.69) is 0 Å². The van der Waals surface area contributed by atoms with Crippen molar-refractivity contribution in [3.05, 3.63) is 39.7 Å². The number of aromatic carboxylic acids is 1. The van der Waals surface area contributed by atoms with Crippen LogP contribution in [0.1, 0.15) is 29.2 Å². The summed E-state index contributed by atoms with van der Waals surface area (Å²) in [6, 6.07) is 0.888. The lowest BCUT2D eigenvalue weighted by Gasteiger charge is -2.14. The van der Waals surface area contributed by atoms with Crippen LogP contribution in [0.5, 0.6) is 5.75 Å². The topological polar surface area (TPSA) is 68.5 Å². The van der Waals surface area contributed by atoms with Gasteiger partial charge in [-0.25, -0.2) is 9.18 Å². The summed E-state index contributed by atoms with van der Waals surface area (Å²) in [5.41, 5.74) is -1.23. The van der Waals surface area contributed by atoms with Gasteiger partial charge in [0, 0.05) is 18.3 Å². The van der Waals surface area contributed by atoms with Crippen LogP contribution in [0.2, 0.25) is 0 Å². The van der Waals surface area contributed by atoms with Gasteiger partial charge < -0.3 is 14.4 Å². The minimum Gasteiger partial charge on any atom is -0.493 e. The van der Waals surface area contributed by atoms with E-state index in [0.29, 0.717) is 0 Å². The van der Waals surface area contributed by atoms with Crippen molar-refractivity contribution in [1.29, 1.82) is 0 Å². The number of hydrogen-bond donors (Lipinski definition) is 1. The van der Waals surface area contributed by atoms with Crippen LogP contribution in [0, 0.1) is 11.6 Å². The lowest BCUT2D eigenvalue weighted by molar-refractivity contribution is 0.0695. The minimum absolute atomic E-state index is 0.0132. The number of hydrogen-bond acceptors (Lipinski definition) is 3. The highest BCUT2D eigenvalue weighted by atomic mass is 19.2. The van der Waals surface area contributed by atoms with Crippen molar-refractivity contribution in [2.45, 2.75) is 18.9 Å². The molecule has 21 heavy (non-hydrogen) atoms. The number of benzene rings is 1. The third-order valence-corrected chi connectivity index (χ3v) is 3.55. The van der Waals surface area contributed by atoms with Crippen LogP contribution < -0.4 is 10.2 Å². The lowest BCUT2D eigenvalue weighted by Crippen LogP contribution is -2.20. The molecule has 1 fully saturated rings. The van der Waals surface area contributed by atoms with Gasteiger partial charge in [-0.2, -0.15) is 4.39 Å². The van der Waals surface area contributed by atoms with Crippen LogP contribution in [0.25, 0.3) is 10.9 Å². The number of nitrogens with zero attached hydrogens (tertiary/aromatic N) is 1. The van der Waals surface area contributed by atoms with E-state index >= 15 is 0 Å². The second-order valence-corrected chi connectivity index (χ2v) is 4.92. The second-order valence-electron chi connectivity index (χ2n) is 4.92. The summed E-state index contributed by atoms with van der Waals surface area (Å²) in [4.78, 5) is 23.4. The van der Waals surface area contributed by atoms with E-state index in [0.717, 1.165) is 26.0 Å². The van der Waals surface area contributed by atoms with Gasteiger partial charge in [0.05, 0.1) is 18.0 Å². The Balaban J connectivity index is 2.53. The van der Waals surface area contributed by atoms with Crippen molar-refractivity contribution >= 4 is 16.9 Å². The zero-order valence-electron chi connectivity index (χ0n) is 11.0. The number of aromatic nitrogens is 1. The number of carboxylic acids is 1. The molecule has 0 amide bonds. The van der Waals surface area contributed by atoms with Gasteiger partial charge in [-0.3, -0.25) is 4.79 Å². The maximum absolute atomic E-state index is 13.8. The summed E-state index contributed by atoms with van der Waals surface area (Å²) in [6.45, 7) is 0. The summed E-state index contributed by atoms with van der Waals surface area (Å²) in [5, 5.41) is 8.87. The smallest absolute Gasteiger partial charge is 0.341 e. The number of carbonyl (C=O) groups is 1. The molecule has 0 atom stereocenters. The van der Waals surface area contributed by atoms with Gasteiger partial charge in [0.2, 0.25) is 11.2 Å². The zero-order valence-corrected chi connectivity index (χ0v) is 11.0. The molecule has 2 aromatic rings. The highest BCUT2D eigenvalue weighted by Crippen LogP contribution is 2.39. The Kier molecular flexibility index (Phi) is 2.93. The van der Waals surface area contributed by atoms with Gasteiger partial charge in [-0.1, -0.05) is 0 Å². The highest BCUT2D eigenvalue weighted by Gasteiger charge is 2.29. The van der Waals surface area contributed by atoms with Gasteiger partial charge in [0.1, 0.15) is 5.56 Å². The molecular formula is C14H11F2NO4. The normalized spacial score (nSPS) is 14.4. The molecular weight excluding hydrogens is 284 g/mol. The average molecular weight is 295 g/mol. The summed E-state index contributed by atoms with van der Waals surface area (Å²) in [7, 11) is 1.10. The van der Waals surface area contributed by atoms with E-state index in [1.807, 2.05) is 0 Å². The van der Waals surface area contributed by atoms with Gasteiger partial charge >= 0.3 is 5.97 Å². The molecule has 110 valence electrons. The number of carboxylic acid groups (broad SMARTS) is 1. The first-order valence-corrected chi connectivity index (χ1v) is 6.29.